The molecule has 0 amide bonds. The monoisotopic (exact) mass is 291 g/mol. The molecule has 3 nitrogen and oxygen atoms in total. The van der Waals surface area contributed by atoms with Crippen LogP contribution >= 0.6 is 0 Å². The van der Waals surface area contributed by atoms with Gasteiger partial charge in [0.1, 0.15) is 5.75 Å². The highest BCUT2D eigenvalue weighted by Gasteiger charge is 2.34. The topological polar surface area (TPSA) is 30.5 Å². The summed E-state index contributed by atoms with van der Waals surface area (Å²) in [6.45, 7) is 10.2. The molecule has 0 aliphatic heterocycles. The summed E-state index contributed by atoms with van der Waals surface area (Å²) in [6.07, 6.45) is 3.81. The molecule has 0 heterocycles. The maximum atomic E-state index is 6.06. The van der Waals surface area contributed by atoms with Gasteiger partial charge in [0, 0.05) is 6.61 Å². The molecule has 2 unspecified atom stereocenters. The number of hydrogen-bond acceptors (Lipinski definition) is 3. The molecule has 1 N–H and O–H groups in total. The van der Waals surface area contributed by atoms with Crippen molar-refractivity contribution in [2.24, 2.45) is 0 Å². The van der Waals surface area contributed by atoms with Crippen LogP contribution in [-0.4, -0.2) is 24.9 Å². The van der Waals surface area contributed by atoms with Gasteiger partial charge in [-0.05, 0) is 57.4 Å². The van der Waals surface area contributed by atoms with Gasteiger partial charge in [0.15, 0.2) is 0 Å². The van der Waals surface area contributed by atoms with Crippen molar-refractivity contribution in [1.29, 1.82) is 0 Å². The smallest absolute Gasteiger partial charge is 0.119 e. The van der Waals surface area contributed by atoms with Crippen molar-refractivity contribution < 1.29 is 9.47 Å². The Balaban J connectivity index is 2.15. The normalized spacial score (nSPS) is 19.0. The number of benzene rings is 1. The standard InChI is InChI=1S/C18H29NO2/c1-5-18(4,20-7-3)17(19-6-2)14-8-10-15(11-9-14)21-16-12-13-16/h8-11,16-17,19H,5-7,12-13H2,1-4H3. The maximum absolute atomic E-state index is 6.06. The van der Waals surface area contributed by atoms with Gasteiger partial charge in [0.05, 0.1) is 17.7 Å². The second-order valence-corrected chi connectivity index (χ2v) is 5.98. The van der Waals surface area contributed by atoms with E-state index < -0.39 is 0 Å². The Morgan fingerprint density at radius 3 is 2.33 bits per heavy atom. The van der Waals surface area contributed by atoms with Gasteiger partial charge in [0.2, 0.25) is 0 Å². The lowest BCUT2D eigenvalue weighted by molar-refractivity contribution is -0.0560. The predicted molar refractivity (Wildman–Crippen MR) is 86.8 cm³/mol. The van der Waals surface area contributed by atoms with Gasteiger partial charge in [0.25, 0.3) is 0 Å². The lowest BCUT2D eigenvalue weighted by atomic mass is 9.87. The third-order valence-corrected chi connectivity index (χ3v) is 4.24. The van der Waals surface area contributed by atoms with Crippen molar-refractivity contribution in [1.82, 2.24) is 5.32 Å². The first-order valence-corrected chi connectivity index (χ1v) is 8.26. The van der Waals surface area contributed by atoms with Crippen molar-refractivity contribution in [3.05, 3.63) is 29.8 Å². The highest BCUT2D eigenvalue weighted by molar-refractivity contribution is 5.31. The molecule has 1 aromatic carbocycles. The summed E-state index contributed by atoms with van der Waals surface area (Å²) in [4.78, 5) is 0. The number of likely N-dealkylation sites (N-methyl/N-ethyl adjacent to an activating group) is 1. The van der Waals surface area contributed by atoms with Crippen LogP contribution in [0.5, 0.6) is 5.75 Å². The Morgan fingerprint density at radius 2 is 1.86 bits per heavy atom. The molecule has 21 heavy (non-hydrogen) atoms. The van der Waals surface area contributed by atoms with Crippen molar-refractivity contribution in [2.45, 2.75) is 64.7 Å². The van der Waals surface area contributed by atoms with Crippen LogP contribution in [-0.2, 0) is 4.74 Å². The maximum Gasteiger partial charge on any atom is 0.119 e. The summed E-state index contributed by atoms with van der Waals surface area (Å²) >= 11 is 0. The van der Waals surface area contributed by atoms with Crippen molar-refractivity contribution in [3.8, 4) is 5.75 Å². The summed E-state index contributed by atoms with van der Waals surface area (Å²) in [7, 11) is 0. The first-order valence-electron chi connectivity index (χ1n) is 8.26. The van der Waals surface area contributed by atoms with Gasteiger partial charge in [-0.25, -0.2) is 0 Å². The van der Waals surface area contributed by atoms with Crippen LogP contribution in [0.3, 0.4) is 0 Å². The van der Waals surface area contributed by atoms with Crippen molar-refractivity contribution in [3.63, 3.8) is 0 Å². The lowest BCUT2D eigenvalue weighted by Gasteiger charge is -2.37. The fourth-order valence-corrected chi connectivity index (χ4v) is 2.73. The minimum atomic E-state index is -0.191. The summed E-state index contributed by atoms with van der Waals surface area (Å²) in [6, 6.07) is 8.69. The Hall–Kier alpha value is -1.06. The number of rotatable bonds is 9. The third kappa shape index (κ3) is 4.21. The molecule has 0 radical (unpaired) electrons. The molecule has 1 fully saturated rings. The van der Waals surface area contributed by atoms with E-state index in [0.29, 0.717) is 6.10 Å². The average molecular weight is 291 g/mol. The van der Waals surface area contributed by atoms with Gasteiger partial charge in [-0.1, -0.05) is 26.0 Å². The van der Waals surface area contributed by atoms with Gasteiger partial charge in [-0.15, -0.1) is 0 Å². The van der Waals surface area contributed by atoms with Gasteiger partial charge in [-0.3, -0.25) is 0 Å². The van der Waals surface area contributed by atoms with Crippen LogP contribution in [0, 0.1) is 0 Å². The highest BCUT2D eigenvalue weighted by atomic mass is 16.5. The molecular formula is C18H29NO2. The summed E-state index contributed by atoms with van der Waals surface area (Å²) < 4.78 is 11.9. The quantitative estimate of drug-likeness (QED) is 0.743. The highest BCUT2D eigenvalue weighted by Crippen LogP contribution is 2.34. The van der Waals surface area contributed by atoms with Gasteiger partial charge >= 0.3 is 0 Å². The zero-order valence-electron chi connectivity index (χ0n) is 13.8. The van der Waals surface area contributed by atoms with E-state index in [2.05, 4.69) is 57.3 Å². The first-order chi connectivity index (χ1) is 10.1. The van der Waals surface area contributed by atoms with Crippen LogP contribution in [0.2, 0.25) is 0 Å². The molecule has 118 valence electrons. The zero-order valence-corrected chi connectivity index (χ0v) is 13.8. The average Bonchev–Trinajstić information content (AvgIpc) is 3.30. The van der Waals surface area contributed by atoms with E-state index in [1.165, 1.54) is 18.4 Å². The van der Waals surface area contributed by atoms with Crippen LogP contribution < -0.4 is 10.1 Å². The zero-order chi connectivity index (χ0) is 15.3. The molecule has 0 saturated heterocycles. The Morgan fingerprint density at radius 1 is 1.19 bits per heavy atom. The van der Waals surface area contributed by atoms with Gasteiger partial charge in [-0.2, -0.15) is 0 Å². The summed E-state index contributed by atoms with van der Waals surface area (Å²) in [5.41, 5.74) is 1.07. The molecule has 2 rings (SSSR count). The van der Waals surface area contributed by atoms with E-state index in [1.807, 2.05) is 0 Å². The van der Waals surface area contributed by atoms with Crippen molar-refractivity contribution in [2.75, 3.05) is 13.2 Å². The van der Waals surface area contributed by atoms with E-state index in [0.717, 1.165) is 25.3 Å². The van der Waals surface area contributed by atoms with Crippen LogP contribution in [0.25, 0.3) is 0 Å². The number of ether oxygens (including phenoxy) is 2. The second kappa shape index (κ2) is 7.28. The minimum Gasteiger partial charge on any atom is -0.490 e. The fourth-order valence-electron chi connectivity index (χ4n) is 2.73. The molecule has 1 aliphatic carbocycles. The molecule has 1 aliphatic rings. The van der Waals surface area contributed by atoms with E-state index in [9.17, 15) is 0 Å². The Labute approximate surface area is 129 Å². The van der Waals surface area contributed by atoms with E-state index in [1.54, 1.807) is 0 Å². The van der Waals surface area contributed by atoms with E-state index in [-0.39, 0.29) is 11.6 Å². The Kier molecular flexibility index (Phi) is 5.65. The SMILES string of the molecule is CCNC(c1ccc(OC2CC2)cc1)C(C)(CC)OCC. The molecule has 3 heteroatoms. The summed E-state index contributed by atoms with van der Waals surface area (Å²) in [5.74, 6) is 0.978. The van der Waals surface area contributed by atoms with E-state index in [4.69, 9.17) is 9.47 Å². The molecule has 0 spiro atoms. The number of hydrogen-bond donors (Lipinski definition) is 1. The third-order valence-electron chi connectivity index (χ3n) is 4.24. The fraction of sp³-hybridized carbons (Fsp3) is 0.667. The van der Waals surface area contributed by atoms with Gasteiger partial charge < -0.3 is 14.8 Å². The first kappa shape index (κ1) is 16.3. The minimum absolute atomic E-state index is 0.191. The molecule has 2 atom stereocenters. The van der Waals surface area contributed by atoms with Crippen LogP contribution in [0.1, 0.15) is 58.6 Å². The van der Waals surface area contributed by atoms with Crippen molar-refractivity contribution >= 4 is 0 Å². The van der Waals surface area contributed by atoms with Crippen LogP contribution in [0.4, 0.5) is 0 Å². The largest absolute Gasteiger partial charge is 0.490 e. The summed E-state index contributed by atoms with van der Waals surface area (Å²) in [5, 5.41) is 3.58. The van der Waals surface area contributed by atoms with E-state index >= 15 is 0 Å². The predicted octanol–water partition coefficient (Wildman–Crippen LogP) is 4.08. The molecule has 0 bridgehead atoms. The molecule has 1 aromatic rings. The van der Waals surface area contributed by atoms with Crippen LogP contribution in [0.15, 0.2) is 24.3 Å². The second-order valence-electron chi connectivity index (χ2n) is 5.98. The number of nitrogens with one attached hydrogen (secondary N) is 1. The Bertz CT molecular complexity index is 427. The molecular weight excluding hydrogens is 262 g/mol. The lowest BCUT2D eigenvalue weighted by Crippen LogP contribution is -2.43. The molecule has 1 saturated carbocycles. The molecule has 0 aromatic heterocycles.